The molecule has 1 atom stereocenters. The Hall–Kier alpha value is -2.43. The van der Waals surface area contributed by atoms with Crippen molar-refractivity contribution in [1.82, 2.24) is 4.90 Å². The molecule has 170 valence electrons. The van der Waals surface area contributed by atoms with Crippen LogP contribution in [0, 0.1) is 28.5 Å². The van der Waals surface area contributed by atoms with Gasteiger partial charge in [-0.3, -0.25) is 9.69 Å². The Labute approximate surface area is 193 Å². The molecule has 1 N–H and O–H groups in total. The molecule has 0 bridgehead atoms. The average Bonchev–Trinajstić information content (AvgIpc) is 3.10. The summed E-state index contributed by atoms with van der Waals surface area (Å²) in [6, 6.07) is 8.89. The second kappa shape index (κ2) is 9.21. The number of benzene rings is 1. The summed E-state index contributed by atoms with van der Waals surface area (Å²) in [6.07, 6.45) is 2.99. The quantitative estimate of drug-likeness (QED) is 0.729. The Morgan fingerprint density at radius 2 is 1.91 bits per heavy atom. The molecule has 0 unspecified atom stereocenters. The molecule has 1 amide bonds. The van der Waals surface area contributed by atoms with Crippen LogP contribution < -0.4 is 10.2 Å². The van der Waals surface area contributed by atoms with Crippen LogP contribution in [0.15, 0.2) is 24.3 Å². The minimum absolute atomic E-state index is 0.0669. The van der Waals surface area contributed by atoms with Gasteiger partial charge in [0.1, 0.15) is 16.9 Å². The topological polar surface area (TPSA) is 59.4 Å². The number of nitrogens with one attached hydrogen (secondary N) is 1. The van der Waals surface area contributed by atoms with E-state index in [1.807, 2.05) is 0 Å². The van der Waals surface area contributed by atoms with E-state index < -0.39 is 0 Å². The molecule has 1 saturated heterocycles. The van der Waals surface area contributed by atoms with Crippen molar-refractivity contribution >= 4 is 27.9 Å². The van der Waals surface area contributed by atoms with Gasteiger partial charge in [-0.25, -0.2) is 4.39 Å². The highest BCUT2D eigenvalue weighted by molar-refractivity contribution is 7.16. The molecule has 1 fully saturated rings. The van der Waals surface area contributed by atoms with E-state index in [0.717, 1.165) is 56.7 Å². The number of halogens is 1. The van der Waals surface area contributed by atoms with E-state index in [0.29, 0.717) is 23.0 Å². The molecule has 2 aromatic rings. The van der Waals surface area contributed by atoms with E-state index in [-0.39, 0.29) is 17.1 Å². The van der Waals surface area contributed by atoms with E-state index in [1.165, 1.54) is 17.0 Å². The first-order valence-corrected chi connectivity index (χ1v) is 12.1. The molecular weight excluding hydrogens is 423 g/mol. The lowest BCUT2D eigenvalue weighted by atomic mass is 9.72. The first kappa shape index (κ1) is 22.8. The lowest BCUT2D eigenvalue weighted by Crippen LogP contribution is -2.48. The molecule has 0 saturated carbocycles. The minimum atomic E-state index is -0.232. The van der Waals surface area contributed by atoms with Crippen molar-refractivity contribution in [3.63, 3.8) is 0 Å². The molecule has 1 aromatic heterocycles. The van der Waals surface area contributed by atoms with Gasteiger partial charge in [-0.2, -0.15) is 5.26 Å². The van der Waals surface area contributed by atoms with Gasteiger partial charge in [-0.05, 0) is 60.4 Å². The second-order valence-corrected chi connectivity index (χ2v) is 11.0. The van der Waals surface area contributed by atoms with Crippen molar-refractivity contribution < 1.29 is 9.18 Å². The Balaban J connectivity index is 1.34. The van der Waals surface area contributed by atoms with Crippen LogP contribution in [0.25, 0.3) is 0 Å². The smallest absolute Gasteiger partial charge is 0.239 e. The highest BCUT2D eigenvalue weighted by Crippen LogP contribution is 2.44. The number of hydrogen-bond acceptors (Lipinski definition) is 5. The van der Waals surface area contributed by atoms with Gasteiger partial charge in [0.2, 0.25) is 5.91 Å². The monoisotopic (exact) mass is 454 g/mol. The third kappa shape index (κ3) is 4.97. The van der Waals surface area contributed by atoms with Gasteiger partial charge in [0, 0.05) is 36.7 Å². The molecule has 0 radical (unpaired) electrons. The average molecular weight is 455 g/mol. The number of nitrogens with zero attached hydrogens (tertiary/aromatic N) is 3. The van der Waals surface area contributed by atoms with Crippen LogP contribution in [0.2, 0.25) is 0 Å². The summed E-state index contributed by atoms with van der Waals surface area (Å²) in [6.45, 7) is 10.3. The molecule has 1 aromatic carbocycles. The highest BCUT2D eigenvalue weighted by atomic mass is 32.1. The van der Waals surface area contributed by atoms with Crippen molar-refractivity contribution in [3.05, 3.63) is 46.1 Å². The number of piperazine rings is 1. The third-order valence-corrected chi connectivity index (χ3v) is 7.96. The standard InChI is InChI=1S/C25H31FN4OS/c1-25(2,3)17-4-9-20-21(15-27)24(32-22(20)14-17)28-23(31)16-29-10-12-30(13-11-29)19-7-5-18(26)6-8-19/h5-8,17H,4,9-14,16H2,1-3H3,(H,28,31)/t17-/m0/s1. The van der Waals surface area contributed by atoms with Gasteiger partial charge in [0.05, 0.1) is 12.1 Å². The van der Waals surface area contributed by atoms with Crippen molar-refractivity contribution in [2.24, 2.45) is 11.3 Å². The second-order valence-electron chi connectivity index (χ2n) is 9.91. The SMILES string of the molecule is CC(C)(C)[C@H]1CCc2c(sc(NC(=O)CN3CCN(c4ccc(F)cc4)CC3)c2C#N)C1. The van der Waals surface area contributed by atoms with Crippen LogP contribution in [0.1, 0.15) is 43.2 Å². The minimum Gasteiger partial charge on any atom is -0.369 e. The first-order chi connectivity index (χ1) is 15.2. The summed E-state index contributed by atoms with van der Waals surface area (Å²) >= 11 is 1.58. The summed E-state index contributed by atoms with van der Waals surface area (Å²) in [5, 5.41) is 13.5. The predicted molar refractivity (Wildman–Crippen MR) is 128 cm³/mol. The van der Waals surface area contributed by atoms with Crippen molar-refractivity contribution in [3.8, 4) is 6.07 Å². The molecule has 0 spiro atoms. The van der Waals surface area contributed by atoms with E-state index >= 15 is 0 Å². The molecular formula is C25H31FN4OS. The van der Waals surface area contributed by atoms with Crippen LogP contribution in [0.4, 0.5) is 15.1 Å². The maximum absolute atomic E-state index is 13.1. The van der Waals surface area contributed by atoms with E-state index in [1.54, 1.807) is 23.5 Å². The molecule has 32 heavy (non-hydrogen) atoms. The van der Waals surface area contributed by atoms with Crippen LogP contribution in [-0.2, 0) is 17.6 Å². The number of amides is 1. The molecule has 1 aliphatic carbocycles. The highest BCUT2D eigenvalue weighted by Gasteiger charge is 2.32. The van der Waals surface area contributed by atoms with Crippen molar-refractivity contribution in [1.29, 1.82) is 5.26 Å². The van der Waals surface area contributed by atoms with Gasteiger partial charge < -0.3 is 10.2 Å². The Morgan fingerprint density at radius 3 is 2.53 bits per heavy atom. The fourth-order valence-corrected chi connectivity index (χ4v) is 6.01. The normalized spacial score (nSPS) is 19.3. The largest absolute Gasteiger partial charge is 0.369 e. The number of hydrogen-bond donors (Lipinski definition) is 1. The molecule has 5 nitrogen and oxygen atoms in total. The third-order valence-electron chi connectivity index (χ3n) is 6.79. The number of carbonyl (C=O) groups excluding carboxylic acids is 1. The number of carbonyl (C=O) groups is 1. The summed E-state index contributed by atoms with van der Waals surface area (Å²) in [4.78, 5) is 18.4. The van der Waals surface area contributed by atoms with Gasteiger partial charge in [-0.15, -0.1) is 11.3 Å². The van der Waals surface area contributed by atoms with Crippen molar-refractivity contribution in [2.75, 3.05) is 42.9 Å². The van der Waals surface area contributed by atoms with Crippen LogP contribution in [0.3, 0.4) is 0 Å². The lowest BCUT2D eigenvalue weighted by Gasteiger charge is -2.35. The molecule has 4 rings (SSSR count). The summed E-state index contributed by atoms with van der Waals surface area (Å²) < 4.78 is 13.1. The van der Waals surface area contributed by atoms with Crippen molar-refractivity contribution in [2.45, 2.75) is 40.0 Å². The Kier molecular flexibility index (Phi) is 6.55. The van der Waals surface area contributed by atoms with Crippen LogP contribution in [0.5, 0.6) is 0 Å². The molecule has 7 heteroatoms. The number of rotatable bonds is 4. The van der Waals surface area contributed by atoms with Crippen LogP contribution >= 0.6 is 11.3 Å². The molecule has 2 aliphatic rings. The predicted octanol–water partition coefficient (Wildman–Crippen LogP) is 4.67. The van der Waals surface area contributed by atoms with Gasteiger partial charge in [0.25, 0.3) is 0 Å². The van der Waals surface area contributed by atoms with E-state index in [9.17, 15) is 14.4 Å². The lowest BCUT2D eigenvalue weighted by molar-refractivity contribution is -0.117. The maximum Gasteiger partial charge on any atom is 0.239 e. The fraction of sp³-hybridized carbons (Fsp3) is 0.520. The molecule has 2 heterocycles. The Morgan fingerprint density at radius 1 is 1.22 bits per heavy atom. The van der Waals surface area contributed by atoms with E-state index in [4.69, 9.17) is 0 Å². The first-order valence-electron chi connectivity index (χ1n) is 11.3. The zero-order valence-corrected chi connectivity index (χ0v) is 19.9. The number of anilines is 2. The summed E-state index contributed by atoms with van der Waals surface area (Å²) in [7, 11) is 0. The summed E-state index contributed by atoms with van der Waals surface area (Å²) in [5.74, 6) is 0.300. The summed E-state index contributed by atoms with van der Waals surface area (Å²) in [5.41, 5.74) is 3.05. The van der Waals surface area contributed by atoms with E-state index in [2.05, 4.69) is 42.0 Å². The van der Waals surface area contributed by atoms with Gasteiger partial charge in [-0.1, -0.05) is 20.8 Å². The Bertz CT molecular complexity index is 1010. The number of nitriles is 1. The maximum atomic E-state index is 13.1. The zero-order valence-electron chi connectivity index (χ0n) is 19.1. The van der Waals surface area contributed by atoms with Gasteiger partial charge in [0.15, 0.2) is 0 Å². The zero-order chi connectivity index (χ0) is 22.9. The molecule has 1 aliphatic heterocycles. The van der Waals surface area contributed by atoms with Crippen LogP contribution in [-0.4, -0.2) is 43.5 Å². The number of fused-ring (bicyclic) bond motifs is 1. The number of thiophene rings is 1. The fourth-order valence-electron chi connectivity index (χ4n) is 4.72. The van der Waals surface area contributed by atoms with Gasteiger partial charge >= 0.3 is 0 Å².